The molecule has 1 aliphatic rings. The van der Waals surface area contributed by atoms with Gasteiger partial charge < -0.3 is 24.3 Å². The molecular weight excluding hydrogens is 322 g/mol. The van der Waals surface area contributed by atoms with Crippen molar-refractivity contribution < 1.29 is 23.7 Å². The van der Waals surface area contributed by atoms with E-state index in [-0.39, 0.29) is 18.6 Å². The molecular formula is C19H21NO5. The summed E-state index contributed by atoms with van der Waals surface area (Å²) in [5, 5.41) is 2.91. The summed E-state index contributed by atoms with van der Waals surface area (Å²) in [7, 11) is 3.19. The highest BCUT2D eigenvalue weighted by Crippen LogP contribution is 2.34. The lowest BCUT2D eigenvalue weighted by Crippen LogP contribution is -2.22. The normalized spacial score (nSPS) is 13.2. The van der Waals surface area contributed by atoms with Crippen LogP contribution in [0.1, 0.15) is 12.5 Å². The number of rotatable bonds is 6. The third-order valence-corrected chi connectivity index (χ3v) is 4.08. The Kier molecular flexibility index (Phi) is 4.97. The van der Waals surface area contributed by atoms with E-state index in [0.717, 1.165) is 5.56 Å². The van der Waals surface area contributed by atoms with E-state index in [0.29, 0.717) is 35.1 Å². The fraction of sp³-hybridized carbons (Fsp3) is 0.316. The average molecular weight is 343 g/mol. The first kappa shape index (κ1) is 17.0. The fourth-order valence-electron chi connectivity index (χ4n) is 2.69. The zero-order chi connectivity index (χ0) is 17.8. The highest BCUT2D eigenvalue weighted by atomic mass is 16.7. The van der Waals surface area contributed by atoms with Crippen molar-refractivity contribution in [2.24, 2.45) is 5.92 Å². The van der Waals surface area contributed by atoms with Crippen LogP contribution in [0.15, 0.2) is 36.4 Å². The SMILES string of the molecule is COc1ccc(CC(C)C(=O)Nc2ccc3c(c2)OCO3)cc1OC. The maximum absolute atomic E-state index is 12.5. The molecule has 0 saturated heterocycles. The number of nitrogens with one attached hydrogen (secondary N) is 1. The summed E-state index contributed by atoms with van der Waals surface area (Å²) < 4.78 is 21.1. The summed E-state index contributed by atoms with van der Waals surface area (Å²) in [5.41, 5.74) is 1.69. The van der Waals surface area contributed by atoms with Gasteiger partial charge in [0.15, 0.2) is 23.0 Å². The predicted molar refractivity (Wildman–Crippen MR) is 93.6 cm³/mol. The van der Waals surface area contributed by atoms with Crippen LogP contribution in [0.5, 0.6) is 23.0 Å². The molecule has 1 aliphatic heterocycles. The van der Waals surface area contributed by atoms with Gasteiger partial charge in [-0.1, -0.05) is 13.0 Å². The Bertz CT molecular complexity index is 774. The number of hydrogen-bond acceptors (Lipinski definition) is 5. The molecule has 1 heterocycles. The molecule has 1 atom stereocenters. The smallest absolute Gasteiger partial charge is 0.231 e. The minimum atomic E-state index is -0.205. The summed E-state index contributed by atoms with van der Waals surface area (Å²) >= 11 is 0. The Labute approximate surface area is 146 Å². The number of fused-ring (bicyclic) bond motifs is 1. The largest absolute Gasteiger partial charge is 0.493 e. The summed E-state index contributed by atoms with van der Waals surface area (Å²) in [6.07, 6.45) is 0.594. The first-order chi connectivity index (χ1) is 12.1. The van der Waals surface area contributed by atoms with Gasteiger partial charge in [0, 0.05) is 17.7 Å². The summed E-state index contributed by atoms with van der Waals surface area (Å²) in [6.45, 7) is 2.10. The van der Waals surface area contributed by atoms with Gasteiger partial charge in [0.05, 0.1) is 14.2 Å². The van der Waals surface area contributed by atoms with Gasteiger partial charge in [-0.2, -0.15) is 0 Å². The molecule has 0 aromatic heterocycles. The Hall–Kier alpha value is -2.89. The molecule has 0 saturated carbocycles. The van der Waals surface area contributed by atoms with Crippen LogP contribution < -0.4 is 24.3 Å². The molecule has 0 aliphatic carbocycles. The lowest BCUT2D eigenvalue weighted by molar-refractivity contribution is -0.119. The third kappa shape index (κ3) is 3.79. The topological polar surface area (TPSA) is 66.0 Å². The van der Waals surface area contributed by atoms with Crippen molar-refractivity contribution in [3.8, 4) is 23.0 Å². The monoisotopic (exact) mass is 343 g/mol. The maximum atomic E-state index is 12.5. The van der Waals surface area contributed by atoms with Crippen LogP contribution in [-0.4, -0.2) is 26.9 Å². The minimum absolute atomic E-state index is 0.0614. The van der Waals surface area contributed by atoms with E-state index in [2.05, 4.69) is 5.32 Å². The molecule has 0 bridgehead atoms. The van der Waals surface area contributed by atoms with Crippen LogP contribution in [-0.2, 0) is 11.2 Å². The number of anilines is 1. The highest BCUT2D eigenvalue weighted by Gasteiger charge is 2.18. The van der Waals surface area contributed by atoms with Gasteiger partial charge in [-0.25, -0.2) is 0 Å². The summed E-state index contributed by atoms with van der Waals surface area (Å²) in [5.74, 6) is 2.39. The lowest BCUT2D eigenvalue weighted by atomic mass is 10.00. The molecule has 0 fully saturated rings. The van der Waals surface area contributed by atoms with Gasteiger partial charge in [0.2, 0.25) is 12.7 Å². The average Bonchev–Trinajstić information content (AvgIpc) is 3.09. The van der Waals surface area contributed by atoms with E-state index >= 15 is 0 Å². The van der Waals surface area contributed by atoms with E-state index in [1.807, 2.05) is 25.1 Å². The Morgan fingerprint density at radius 3 is 2.60 bits per heavy atom. The Morgan fingerprint density at radius 2 is 1.84 bits per heavy atom. The molecule has 1 unspecified atom stereocenters. The molecule has 0 spiro atoms. The van der Waals surface area contributed by atoms with Gasteiger partial charge in [-0.3, -0.25) is 4.79 Å². The van der Waals surface area contributed by atoms with Crippen molar-refractivity contribution in [1.29, 1.82) is 0 Å². The van der Waals surface area contributed by atoms with E-state index in [9.17, 15) is 4.79 Å². The first-order valence-electron chi connectivity index (χ1n) is 8.02. The highest BCUT2D eigenvalue weighted by molar-refractivity contribution is 5.92. The summed E-state index contributed by atoms with van der Waals surface area (Å²) in [4.78, 5) is 12.5. The molecule has 6 heteroatoms. The molecule has 1 N–H and O–H groups in total. The summed E-state index contributed by atoms with van der Waals surface area (Å²) in [6, 6.07) is 11.0. The number of hydrogen-bond donors (Lipinski definition) is 1. The number of ether oxygens (including phenoxy) is 4. The van der Waals surface area contributed by atoms with Crippen LogP contribution in [0, 0.1) is 5.92 Å². The van der Waals surface area contributed by atoms with Gasteiger partial charge in [-0.05, 0) is 36.2 Å². The second-order valence-electron chi connectivity index (χ2n) is 5.85. The zero-order valence-electron chi connectivity index (χ0n) is 14.5. The van der Waals surface area contributed by atoms with Crippen LogP contribution in [0.3, 0.4) is 0 Å². The molecule has 25 heavy (non-hydrogen) atoms. The second kappa shape index (κ2) is 7.34. The number of benzene rings is 2. The first-order valence-corrected chi connectivity index (χ1v) is 8.02. The number of methoxy groups -OCH3 is 2. The Balaban J connectivity index is 1.64. The van der Waals surface area contributed by atoms with Gasteiger partial charge in [0.1, 0.15) is 0 Å². The van der Waals surface area contributed by atoms with Gasteiger partial charge >= 0.3 is 0 Å². The van der Waals surface area contributed by atoms with Crippen molar-refractivity contribution in [2.75, 3.05) is 26.3 Å². The van der Waals surface area contributed by atoms with Crippen LogP contribution in [0.4, 0.5) is 5.69 Å². The van der Waals surface area contributed by atoms with Gasteiger partial charge in [-0.15, -0.1) is 0 Å². The van der Waals surface area contributed by atoms with E-state index < -0.39 is 0 Å². The van der Waals surface area contributed by atoms with Crippen molar-refractivity contribution in [1.82, 2.24) is 0 Å². The van der Waals surface area contributed by atoms with Crippen molar-refractivity contribution >= 4 is 11.6 Å². The minimum Gasteiger partial charge on any atom is -0.493 e. The van der Waals surface area contributed by atoms with Crippen LogP contribution in [0.2, 0.25) is 0 Å². The van der Waals surface area contributed by atoms with Gasteiger partial charge in [0.25, 0.3) is 0 Å². The molecule has 132 valence electrons. The quantitative estimate of drug-likeness (QED) is 0.872. The van der Waals surface area contributed by atoms with E-state index in [1.54, 1.807) is 32.4 Å². The molecule has 2 aromatic carbocycles. The number of carbonyl (C=O) groups is 1. The van der Waals surface area contributed by atoms with Crippen LogP contribution in [0.25, 0.3) is 0 Å². The standard InChI is InChI=1S/C19H21NO5/c1-12(8-13-4-6-15(22-2)17(9-13)23-3)19(21)20-14-5-7-16-18(10-14)25-11-24-16/h4-7,9-10,12H,8,11H2,1-3H3,(H,20,21). The Morgan fingerprint density at radius 1 is 1.08 bits per heavy atom. The van der Waals surface area contributed by atoms with Crippen LogP contribution >= 0.6 is 0 Å². The molecule has 2 aromatic rings. The molecule has 1 amide bonds. The second-order valence-corrected chi connectivity index (χ2v) is 5.85. The molecule has 6 nitrogen and oxygen atoms in total. The molecule has 0 radical (unpaired) electrons. The fourth-order valence-corrected chi connectivity index (χ4v) is 2.69. The van der Waals surface area contributed by atoms with Crippen molar-refractivity contribution in [3.63, 3.8) is 0 Å². The van der Waals surface area contributed by atoms with Crippen molar-refractivity contribution in [2.45, 2.75) is 13.3 Å². The molecule has 3 rings (SSSR count). The predicted octanol–water partition coefficient (Wildman–Crippen LogP) is 3.25. The maximum Gasteiger partial charge on any atom is 0.231 e. The van der Waals surface area contributed by atoms with E-state index in [4.69, 9.17) is 18.9 Å². The zero-order valence-corrected chi connectivity index (χ0v) is 14.5. The number of amides is 1. The third-order valence-electron chi connectivity index (χ3n) is 4.08. The number of carbonyl (C=O) groups excluding carboxylic acids is 1. The van der Waals surface area contributed by atoms with Crippen molar-refractivity contribution in [3.05, 3.63) is 42.0 Å². The lowest BCUT2D eigenvalue weighted by Gasteiger charge is -2.14. The van der Waals surface area contributed by atoms with E-state index in [1.165, 1.54) is 0 Å².